The fourth-order valence-corrected chi connectivity index (χ4v) is 3.38. The highest BCUT2D eigenvalue weighted by Crippen LogP contribution is 2.26. The van der Waals surface area contributed by atoms with Crippen LogP contribution in [0.15, 0.2) is 18.2 Å². The maximum Gasteiger partial charge on any atom is 0.254 e. The van der Waals surface area contributed by atoms with Crippen molar-refractivity contribution in [2.45, 2.75) is 25.3 Å². The summed E-state index contributed by atoms with van der Waals surface area (Å²) in [5, 5.41) is 0.853. The van der Waals surface area contributed by atoms with Gasteiger partial charge >= 0.3 is 0 Å². The van der Waals surface area contributed by atoms with Gasteiger partial charge < -0.3 is 9.80 Å². The summed E-state index contributed by atoms with van der Waals surface area (Å²) >= 11 is 11.9. The van der Waals surface area contributed by atoms with E-state index in [4.69, 9.17) is 23.2 Å². The summed E-state index contributed by atoms with van der Waals surface area (Å²) < 4.78 is 0. The van der Waals surface area contributed by atoms with Crippen molar-refractivity contribution in [1.29, 1.82) is 0 Å². The number of hydrogen-bond donors (Lipinski definition) is 0. The first-order valence-corrected chi connectivity index (χ1v) is 7.88. The number of likely N-dealkylation sites (tertiary alicyclic amines) is 2. The molecule has 1 aromatic carbocycles. The minimum absolute atomic E-state index is 0.0697. The van der Waals surface area contributed by atoms with E-state index in [0.29, 0.717) is 22.2 Å². The minimum Gasteiger partial charge on any atom is -0.341 e. The van der Waals surface area contributed by atoms with Gasteiger partial charge in [0.15, 0.2) is 0 Å². The lowest BCUT2D eigenvalue weighted by atomic mass is 10.1. The zero-order chi connectivity index (χ0) is 15.0. The Balaban J connectivity index is 1.80. The van der Waals surface area contributed by atoms with Gasteiger partial charge in [0.2, 0.25) is 5.91 Å². The normalized spacial score (nSPS) is 21.3. The van der Waals surface area contributed by atoms with Gasteiger partial charge in [0, 0.05) is 35.2 Å². The fraction of sp³-hybridized carbons (Fsp3) is 0.467. The van der Waals surface area contributed by atoms with Gasteiger partial charge in [-0.25, -0.2) is 0 Å². The third-order valence-electron chi connectivity index (χ3n) is 4.08. The van der Waals surface area contributed by atoms with Crippen LogP contribution in [-0.4, -0.2) is 47.3 Å². The Bertz CT molecular complexity index is 567. The lowest BCUT2D eigenvalue weighted by molar-refractivity contribution is -0.138. The first-order valence-electron chi connectivity index (χ1n) is 7.12. The van der Waals surface area contributed by atoms with Gasteiger partial charge in [-0.2, -0.15) is 0 Å². The minimum atomic E-state index is -0.337. The van der Waals surface area contributed by atoms with E-state index >= 15 is 0 Å². The zero-order valence-corrected chi connectivity index (χ0v) is 13.0. The van der Waals surface area contributed by atoms with Crippen LogP contribution in [0.25, 0.3) is 0 Å². The molecule has 6 heteroatoms. The first kappa shape index (κ1) is 14.7. The van der Waals surface area contributed by atoms with Gasteiger partial charge in [0.05, 0.1) is 0 Å². The molecule has 0 radical (unpaired) electrons. The highest BCUT2D eigenvalue weighted by atomic mass is 35.5. The summed E-state index contributed by atoms with van der Waals surface area (Å²) in [7, 11) is 0. The second-order valence-corrected chi connectivity index (χ2v) is 6.37. The van der Waals surface area contributed by atoms with Crippen LogP contribution in [0.4, 0.5) is 0 Å². The summed E-state index contributed by atoms with van der Waals surface area (Å²) in [6.45, 7) is 2.22. The number of carbonyl (C=O) groups is 2. The Labute approximate surface area is 133 Å². The SMILES string of the molecule is O=C(C1CCCN1C(=O)c1cc(Cl)cc(Cl)c1)N1CCC1. The molecular weight excluding hydrogens is 311 g/mol. The summed E-state index contributed by atoms with van der Waals surface area (Å²) in [4.78, 5) is 28.5. The highest BCUT2D eigenvalue weighted by Gasteiger charge is 2.38. The topological polar surface area (TPSA) is 40.6 Å². The molecule has 0 saturated carbocycles. The monoisotopic (exact) mass is 326 g/mol. The van der Waals surface area contributed by atoms with E-state index < -0.39 is 0 Å². The van der Waals surface area contributed by atoms with Crippen LogP contribution in [0.2, 0.25) is 10.0 Å². The van der Waals surface area contributed by atoms with Crippen molar-refractivity contribution in [3.05, 3.63) is 33.8 Å². The second kappa shape index (κ2) is 5.85. The zero-order valence-electron chi connectivity index (χ0n) is 11.5. The number of hydrogen-bond acceptors (Lipinski definition) is 2. The van der Waals surface area contributed by atoms with E-state index in [9.17, 15) is 9.59 Å². The van der Waals surface area contributed by atoms with Crippen molar-refractivity contribution in [3.63, 3.8) is 0 Å². The van der Waals surface area contributed by atoms with Crippen LogP contribution in [0.3, 0.4) is 0 Å². The fourth-order valence-electron chi connectivity index (χ4n) is 2.86. The molecular formula is C15H16Cl2N2O2. The Hall–Kier alpha value is -1.26. The molecule has 2 amide bonds. The van der Waals surface area contributed by atoms with E-state index in [2.05, 4.69) is 0 Å². The molecule has 0 spiro atoms. The molecule has 3 rings (SSSR count). The van der Waals surface area contributed by atoms with E-state index in [-0.39, 0.29) is 17.9 Å². The molecule has 1 unspecified atom stereocenters. The van der Waals surface area contributed by atoms with E-state index in [0.717, 1.165) is 32.4 Å². The molecule has 21 heavy (non-hydrogen) atoms. The maximum atomic E-state index is 12.6. The molecule has 0 aliphatic carbocycles. The van der Waals surface area contributed by atoms with Gasteiger partial charge in [0.1, 0.15) is 6.04 Å². The van der Waals surface area contributed by atoms with Crippen LogP contribution >= 0.6 is 23.2 Å². The van der Waals surface area contributed by atoms with E-state index in [1.54, 1.807) is 23.1 Å². The second-order valence-electron chi connectivity index (χ2n) is 5.49. The Morgan fingerprint density at radius 2 is 1.67 bits per heavy atom. The van der Waals surface area contributed by atoms with Crippen molar-refractivity contribution < 1.29 is 9.59 Å². The van der Waals surface area contributed by atoms with Crippen LogP contribution < -0.4 is 0 Å². The van der Waals surface area contributed by atoms with Crippen molar-refractivity contribution in [2.24, 2.45) is 0 Å². The van der Waals surface area contributed by atoms with Crippen molar-refractivity contribution in [1.82, 2.24) is 9.80 Å². The average Bonchev–Trinajstić information content (AvgIpc) is 2.83. The Kier molecular flexibility index (Phi) is 4.09. The molecule has 0 N–H and O–H groups in total. The van der Waals surface area contributed by atoms with Crippen LogP contribution in [0.1, 0.15) is 29.6 Å². The molecule has 2 heterocycles. The molecule has 1 atom stereocenters. The van der Waals surface area contributed by atoms with Crippen molar-refractivity contribution >= 4 is 35.0 Å². The number of nitrogens with zero attached hydrogens (tertiary/aromatic N) is 2. The molecule has 112 valence electrons. The molecule has 4 nitrogen and oxygen atoms in total. The van der Waals surface area contributed by atoms with Gasteiger partial charge in [-0.3, -0.25) is 9.59 Å². The van der Waals surface area contributed by atoms with E-state index in [1.807, 2.05) is 4.90 Å². The van der Waals surface area contributed by atoms with E-state index in [1.165, 1.54) is 0 Å². The van der Waals surface area contributed by atoms with Gasteiger partial charge in [-0.05, 0) is 37.5 Å². The van der Waals surface area contributed by atoms with Gasteiger partial charge in [-0.1, -0.05) is 23.2 Å². The summed E-state index contributed by atoms with van der Waals surface area (Å²) in [5.41, 5.74) is 0.441. The predicted octanol–water partition coefficient (Wildman–Crippen LogP) is 2.83. The van der Waals surface area contributed by atoms with Gasteiger partial charge in [0.25, 0.3) is 5.91 Å². The first-order chi connectivity index (χ1) is 10.1. The largest absolute Gasteiger partial charge is 0.341 e. The summed E-state index contributed by atoms with van der Waals surface area (Å²) in [5.74, 6) is -0.101. The van der Waals surface area contributed by atoms with Gasteiger partial charge in [-0.15, -0.1) is 0 Å². The molecule has 0 bridgehead atoms. The molecule has 2 aliphatic heterocycles. The summed E-state index contributed by atoms with van der Waals surface area (Å²) in [6.07, 6.45) is 2.63. The van der Waals surface area contributed by atoms with Crippen molar-refractivity contribution in [2.75, 3.05) is 19.6 Å². The maximum absolute atomic E-state index is 12.6. The number of carbonyl (C=O) groups excluding carboxylic acids is 2. The molecule has 2 saturated heterocycles. The molecule has 2 aliphatic rings. The Morgan fingerprint density at radius 1 is 1.00 bits per heavy atom. The van der Waals surface area contributed by atoms with Crippen LogP contribution in [-0.2, 0) is 4.79 Å². The lowest BCUT2D eigenvalue weighted by Crippen LogP contribution is -2.52. The number of halogens is 2. The number of amides is 2. The lowest BCUT2D eigenvalue weighted by Gasteiger charge is -2.35. The van der Waals surface area contributed by atoms with Crippen LogP contribution in [0, 0.1) is 0 Å². The van der Waals surface area contributed by atoms with Crippen molar-refractivity contribution in [3.8, 4) is 0 Å². The summed E-state index contributed by atoms with van der Waals surface area (Å²) in [6, 6.07) is 4.45. The number of rotatable bonds is 2. The number of benzene rings is 1. The highest BCUT2D eigenvalue weighted by molar-refractivity contribution is 6.35. The smallest absolute Gasteiger partial charge is 0.254 e. The molecule has 2 fully saturated rings. The third-order valence-corrected chi connectivity index (χ3v) is 4.51. The molecule has 1 aromatic rings. The Morgan fingerprint density at radius 3 is 2.24 bits per heavy atom. The average molecular weight is 327 g/mol. The predicted molar refractivity (Wildman–Crippen MR) is 81.7 cm³/mol. The third kappa shape index (κ3) is 2.87. The quantitative estimate of drug-likeness (QED) is 0.838. The van der Waals surface area contributed by atoms with Crippen LogP contribution in [0.5, 0.6) is 0 Å². The molecule has 0 aromatic heterocycles. The standard InChI is InChI=1S/C15H16Cl2N2O2/c16-11-7-10(8-12(17)9-11)14(20)19-6-1-3-13(19)15(21)18-4-2-5-18/h7-9,13H,1-6H2.